The number of carbonyl (C=O) groups excluding carboxylic acids is 1. The average Bonchev–Trinajstić information content (AvgIpc) is 2.62. The molecule has 2 rings (SSSR count). The number of benzene rings is 2. The van der Waals surface area contributed by atoms with Crippen LogP contribution in [-0.4, -0.2) is 24.7 Å². The van der Waals surface area contributed by atoms with Crippen LogP contribution in [0.15, 0.2) is 36.9 Å². The van der Waals surface area contributed by atoms with E-state index in [2.05, 4.69) is 11.9 Å². The van der Waals surface area contributed by atoms with Gasteiger partial charge < -0.3 is 15.2 Å². The lowest BCUT2D eigenvalue weighted by atomic mass is 9.92. The van der Waals surface area contributed by atoms with Crippen molar-refractivity contribution < 1.29 is 19.0 Å². The van der Waals surface area contributed by atoms with Crippen LogP contribution in [0.1, 0.15) is 48.9 Å². The van der Waals surface area contributed by atoms with Gasteiger partial charge in [-0.3, -0.25) is 4.79 Å². The molecule has 2 aromatic rings. The first kappa shape index (κ1) is 20.5. The third kappa shape index (κ3) is 4.88. The Bertz CT molecular complexity index is 859. The summed E-state index contributed by atoms with van der Waals surface area (Å²) in [5.41, 5.74) is 3.41. The lowest BCUT2D eigenvalue weighted by Crippen LogP contribution is -2.24. The summed E-state index contributed by atoms with van der Waals surface area (Å²) in [4.78, 5) is 11.3. The molecule has 5 heteroatoms. The maximum Gasteiger partial charge on any atom is 0.257 e. The van der Waals surface area contributed by atoms with E-state index in [-0.39, 0.29) is 30.0 Å². The van der Waals surface area contributed by atoms with Crippen molar-refractivity contribution in [3.8, 4) is 11.5 Å². The Morgan fingerprint density at radius 1 is 1.26 bits per heavy atom. The molecule has 0 fully saturated rings. The van der Waals surface area contributed by atoms with E-state index in [0.717, 1.165) is 16.7 Å². The highest BCUT2D eigenvalue weighted by Gasteiger charge is 2.17. The van der Waals surface area contributed by atoms with Crippen molar-refractivity contribution in [1.29, 1.82) is 0 Å². The van der Waals surface area contributed by atoms with Gasteiger partial charge in [-0.15, -0.1) is 0 Å². The molecule has 0 saturated heterocycles. The molecular formula is C22H26FNO3. The molecule has 0 saturated carbocycles. The van der Waals surface area contributed by atoms with Crippen molar-refractivity contribution >= 4 is 11.5 Å². The van der Waals surface area contributed by atoms with Gasteiger partial charge in [0.05, 0.1) is 0 Å². The van der Waals surface area contributed by atoms with Crippen LogP contribution in [0.2, 0.25) is 0 Å². The Hall–Kier alpha value is -2.82. The molecule has 0 spiro atoms. The van der Waals surface area contributed by atoms with Gasteiger partial charge in [0.25, 0.3) is 5.91 Å². The average molecular weight is 371 g/mol. The lowest BCUT2D eigenvalue weighted by Gasteiger charge is -2.16. The van der Waals surface area contributed by atoms with Crippen molar-refractivity contribution in [3.63, 3.8) is 0 Å². The number of carbonyl (C=O) groups is 1. The number of halogens is 1. The Balaban J connectivity index is 2.35. The smallest absolute Gasteiger partial charge is 0.257 e. The van der Waals surface area contributed by atoms with Gasteiger partial charge in [-0.2, -0.15) is 0 Å². The third-order valence-electron chi connectivity index (χ3n) is 4.38. The van der Waals surface area contributed by atoms with Crippen LogP contribution in [0, 0.1) is 5.82 Å². The maximum absolute atomic E-state index is 14.9. The minimum atomic E-state index is -0.377. The Kier molecular flexibility index (Phi) is 6.61. The molecule has 0 aliphatic rings. The first-order valence-corrected chi connectivity index (χ1v) is 8.87. The number of rotatable bonds is 7. The van der Waals surface area contributed by atoms with Crippen molar-refractivity contribution in [2.45, 2.75) is 33.1 Å². The van der Waals surface area contributed by atoms with Crippen LogP contribution in [0.25, 0.3) is 5.57 Å². The van der Waals surface area contributed by atoms with Gasteiger partial charge >= 0.3 is 0 Å². The second-order valence-electron chi connectivity index (χ2n) is 6.86. The highest BCUT2D eigenvalue weighted by atomic mass is 19.1. The molecular weight excluding hydrogens is 345 g/mol. The van der Waals surface area contributed by atoms with Crippen molar-refractivity contribution in [1.82, 2.24) is 5.32 Å². The molecule has 1 amide bonds. The Morgan fingerprint density at radius 2 is 1.93 bits per heavy atom. The molecule has 0 bridgehead atoms. The van der Waals surface area contributed by atoms with E-state index in [4.69, 9.17) is 4.74 Å². The molecule has 0 aromatic heterocycles. The first-order chi connectivity index (χ1) is 12.7. The summed E-state index contributed by atoms with van der Waals surface area (Å²) in [6, 6.07) is 8.56. The van der Waals surface area contributed by atoms with E-state index < -0.39 is 0 Å². The summed E-state index contributed by atoms with van der Waals surface area (Å²) in [7, 11) is 1.55. The molecule has 0 aliphatic carbocycles. The van der Waals surface area contributed by atoms with Gasteiger partial charge in [0, 0.05) is 19.0 Å². The van der Waals surface area contributed by atoms with Crippen LogP contribution in [0.4, 0.5) is 4.39 Å². The van der Waals surface area contributed by atoms with E-state index in [1.54, 1.807) is 19.2 Å². The number of allylic oxidation sites excluding steroid dienone is 1. The van der Waals surface area contributed by atoms with E-state index in [9.17, 15) is 14.3 Å². The molecule has 0 atom stereocenters. The Morgan fingerprint density at radius 3 is 2.52 bits per heavy atom. The van der Waals surface area contributed by atoms with Crippen molar-refractivity contribution in [3.05, 3.63) is 65.0 Å². The minimum absolute atomic E-state index is 0.0238. The predicted octanol–water partition coefficient (Wildman–Crippen LogP) is 4.40. The van der Waals surface area contributed by atoms with Crippen LogP contribution >= 0.6 is 0 Å². The fraction of sp³-hybridized carbons (Fsp3) is 0.318. The van der Waals surface area contributed by atoms with E-state index >= 15 is 0 Å². The topological polar surface area (TPSA) is 58.6 Å². The van der Waals surface area contributed by atoms with Crippen LogP contribution in [0.3, 0.4) is 0 Å². The number of ether oxygens (including phenoxy) is 1. The number of aromatic hydroxyl groups is 1. The van der Waals surface area contributed by atoms with Gasteiger partial charge in [0.1, 0.15) is 17.3 Å². The zero-order valence-electron chi connectivity index (χ0n) is 16.2. The largest absolute Gasteiger partial charge is 0.508 e. The summed E-state index contributed by atoms with van der Waals surface area (Å²) in [5, 5.41) is 12.5. The second kappa shape index (κ2) is 8.71. The summed E-state index contributed by atoms with van der Waals surface area (Å²) in [6.45, 7) is 9.48. The standard InChI is InChI=1S/C22H26FNO3/c1-13(2)18-11-17(27-12-20(26)24-5)8-6-15(18)10-16-7-9-19(25)21(14(3)4)22(16)23/h6-9,11,14,25H,1,10,12H2,2-5H3,(H,24,26). The molecule has 27 heavy (non-hydrogen) atoms. The lowest BCUT2D eigenvalue weighted by molar-refractivity contribution is -0.122. The zero-order chi connectivity index (χ0) is 20.1. The quantitative estimate of drug-likeness (QED) is 0.758. The predicted molar refractivity (Wildman–Crippen MR) is 106 cm³/mol. The number of likely N-dealkylation sites (N-methyl/N-ethyl adjacent to an activating group) is 1. The molecule has 2 aromatic carbocycles. The summed E-state index contributed by atoms with van der Waals surface area (Å²) < 4.78 is 20.4. The third-order valence-corrected chi connectivity index (χ3v) is 4.38. The molecule has 0 heterocycles. The SMILES string of the molecule is C=C(C)c1cc(OCC(=O)NC)ccc1Cc1ccc(O)c(C(C)C)c1F. The number of phenolic OH excluding ortho intramolecular Hbond substituents is 1. The molecule has 2 N–H and O–H groups in total. The molecule has 0 radical (unpaired) electrons. The second-order valence-corrected chi connectivity index (χ2v) is 6.86. The van der Waals surface area contributed by atoms with Crippen molar-refractivity contribution in [2.24, 2.45) is 0 Å². The van der Waals surface area contributed by atoms with Gasteiger partial charge in [-0.25, -0.2) is 4.39 Å². The normalized spacial score (nSPS) is 10.7. The van der Waals surface area contributed by atoms with Crippen LogP contribution in [-0.2, 0) is 11.2 Å². The van der Waals surface area contributed by atoms with E-state index in [0.29, 0.717) is 23.3 Å². The van der Waals surface area contributed by atoms with E-state index in [1.165, 1.54) is 6.07 Å². The highest BCUT2D eigenvalue weighted by molar-refractivity contribution is 5.77. The summed E-state index contributed by atoms with van der Waals surface area (Å²) in [5.74, 6) is -0.189. The Labute approximate surface area is 159 Å². The number of amides is 1. The fourth-order valence-electron chi connectivity index (χ4n) is 2.94. The van der Waals surface area contributed by atoms with Gasteiger partial charge in [0.2, 0.25) is 0 Å². The van der Waals surface area contributed by atoms with E-state index in [1.807, 2.05) is 32.9 Å². The monoisotopic (exact) mass is 371 g/mol. The molecule has 0 unspecified atom stereocenters. The van der Waals surface area contributed by atoms with Gasteiger partial charge in [0.15, 0.2) is 6.61 Å². The van der Waals surface area contributed by atoms with Gasteiger partial charge in [-0.1, -0.05) is 38.1 Å². The number of nitrogens with one attached hydrogen (secondary N) is 1. The molecule has 144 valence electrons. The van der Waals surface area contributed by atoms with Crippen molar-refractivity contribution in [2.75, 3.05) is 13.7 Å². The number of hydrogen-bond donors (Lipinski definition) is 2. The number of phenols is 1. The highest BCUT2D eigenvalue weighted by Crippen LogP contribution is 2.32. The molecule has 0 aliphatic heterocycles. The first-order valence-electron chi connectivity index (χ1n) is 8.87. The fourth-order valence-corrected chi connectivity index (χ4v) is 2.94. The minimum Gasteiger partial charge on any atom is -0.508 e. The van der Waals surface area contributed by atoms with Gasteiger partial charge in [-0.05, 0) is 47.7 Å². The summed E-state index contributed by atoms with van der Waals surface area (Å²) in [6.07, 6.45) is 0.365. The summed E-state index contributed by atoms with van der Waals surface area (Å²) >= 11 is 0. The van der Waals surface area contributed by atoms with Crippen LogP contribution < -0.4 is 10.1 Å². The van der Waals surface area contributed by atoms with Crippen LogP contribution in [0.5, 0.6) is 11.5 Å². The number of hydrogen-bond acceptors (Lipinski definition) is 3. The maximum atomic E-state index is 14.9. The zero-order valence-corrected chi connectivity index (χ0v) is 16.2. The molecule has 4 nitrogen and oxygen atoms in total.